The zero-order valence-electron chi connectivity index (χ0n) is 5.95. The largest absolute Gasteiger partial charge is 0.276 e. The van der Waals surface area contributed by atoms with Crippen molar-refractivity contribution in [2.75, 3.05) is 5.43 Å². The van der Waals surface area contributed by atoms with E-state index in [1.165, 1.54) is 12.1 Å². The standard InChI is InChI=1S/C7H5ClN2O2/c8-7(11)5-3-1-2-4-6(5)9-10-12/h1-4H,(H,9,12). The summed E-state index contributed by atoms with van der Waals surface area (Å²) in [5.74, 6) is 0. The van der Waals surface area contributed by atoms with E-state index in [4.69, 9.17) is 11.6 Å². The number of benzene rings is 1. The summed E-state index contributed by atoms with van der Waals surface area (Å²) in [7, 11) is 0. The lowest BCUT2D eigenvalue weighted by Crippen LogP contribution is -1.96. The molecule has 4 nitrogen and oxygen atoms in total. The number of carbonyl (C=O) groups excluding carboxylic acids is 1. The molecule has 5 heteroatoms. The van der Waals surface area contributed by atoms with E-state index >= 15 is 0 Å². The fourth-order valence-electron chi connectivity index (χ4n) is 0.801. The number of nitroso groups, excluding NO2 is 1. The lowest BCUT2D eigenvalue weighted by atomic mass is 10.2. The first-order chi connectivity index (χ1) is 5.75. The number of carbonyl (C=O) groups is 1. The Kier molecular flexibility index (Phi) is 2.76. The number of rotatable bonds is 3. The van der Waals surface area contributed by atoms with Crippen molar-refractivity contribution >= 4 is 22.5 Å². The summed E-state index contributed by atoms with van der Waals surface area (Å²) in [4.78, 5) is 20.6. The third-order valence-electron chi connectivity index (χ3n) is 1.30. The van der Waals surface area contributed by atoms with Gasteiger partial charge in [0, 0.05) is 0 Å². The lowest BCUT2D eigenvalue weighted by molar-refractivity contribution is 0.108. The molecule has 0 bridgehead atoms. The van der Waals surface area contributed by atoms with Crippen LogP contribution in [0.1, 0.15) is 10.4 Å². The van der Waals surface area contributed by atoms with Crippen LogP contribution in [0.25, 0.3) is 0 Å². The lowest BCUT2D eigenvalue weighted by Gasteiger charge is -2.00. The number of anilines is 1. The van der Waals surface area contributed by atoms with Gasteiger partial charge in [0.05, 0.1) is 16.5 Å². The highest BCUT2D eigenvalue weighted by atomic mass is 35.5. The van der Waals surface area contributed by atoms with Crippen LogP contribution in [0.5, 0.6) is 0 Å². The Morgan fingerprint density at radius 1 is 1.42 bits per heavy atom. The van der Waals surface area contributed by atoms with Gasteiger partial charge in [0.1, 0.15) is 0 Å². The van der Waals surface area contributed by atoms with Crippen LogP contribution in [0.4, 0.5) is 5.69 Å². The quantitative estimate of drug-likeness (QED) is 0.445. The Labute approximate surface area is 73.5 Å². The first-order valence-corrected chi connectivity index (χ1v) is 3.50. The fraction of sp³-hybridized carbons (Fsp3) is 0. The van der Waals surface area contributed by atoms with Crippen LogP contribution in [-0.2, 0) is 0 Å². The highest BCUT2D eigenvalue weighted by Crippen LogP contribution is 2.16. The normalized spacial score (nSPS) is 9.08. The molecule has 1 aromatic carbocycles. The highest BCUT2D eigenvalue weighted by molar-refractivity contribution is 6.68. The van der Waals surface area contributed by atoms with Gasteiger partial charge in [0.15, 0.2) is 0 Å². The molecular weight excluding hydrogens is 180 g/mol. The van der Waals surface area contributed by atoms with Gasteiger partial charge in [-0.15, -0.1) is 4.91 Å². The molecule has 0 saturated carbocycles. The summed E-state index contributed by atoms with van der Waals surface area (Å²) in [6.07, 6.45) is 0. The van der Waals surface area contributed by atoms with Crippen molar-refractivity contribution in [3.63, 3.8) is 0 Å². The van der Waals surface area contributed by atoms with Gasteiger partial charge in [0.2, 0.25) is 0 Å². The van der Waals surface area contributed by atoms with E-state index in [0.717, 1.165) is 0 Å². The van der Waals surface area contributed by atoms with E-state index in [1.54, 1.807) is 12.1 Å². The molecule has 0 fully saturated rings. The Hall–Kier alpha value is -1.42. The van der Waals surface area contributed by atoms with E-state index < -0.39 is 5.24 Å². The molecule has 1 aromatic rings. The Balaban J connectivity index is 3.07. The zero-order valence-corrected chi connectivity index (χ0v) is 6.71. The van der Waals surface area contributed by atoms with E-state index in [0.29, 0.717) is 5.69 Å². The van der Waals surface area contributed by atoms with Crippen molar-refractivity contribution in [2.24, 2.45) is 5.29 Å². The van der Waals surface area contributed by atoms with Crippen LogP contribution in [0.3, 0.4) is 0 Å². The smallest absolute Gasteiger partial charge is 0.254 e. The third kappa shape index (κ3) is 1.79. The fourth-order valence-corrected chi connectivity index (χ4v) is 0.966. The molecule has 1 N–H and O–H groups in total. The zero-order chi connectivity index (χ0) is 8.97. The van der Waals surface area contributed by atoms with E-state index in [1.807, 2.05) is 0 Å². The Bertz CT molecular complexity index is 314. The maximum Gasteiger partial charge on any atom is 0.254 e. The summed E-state index contributed by atoms with van der Waals surface area (Å²) in [6.45, 7) is 0. The van der Waals surface area contributed by atoms with Crippen molar-refractivity contribution in [3.8, 4) is 0 Å². The van der Waals surface area contributed by atoms with Gasteiger partial charge in [-0.2, -0.15) is 0 Å². The van der Waals surface area contributed by atoms with E-state index in [-0.39, 0.29) is 5.56 Å². The highest BCUT2D eigenvalue weighted by Gasteiger charge is 2.06. The predicted molar refractivity (Wildman–Crippen MR) is 46.0 cm³/mol. The maximum absolute atomic E-state index is 10.7. The molecule has 0 aliphatic rings. The van der Waals surface area contributed by atoms with Gasteiger partial charge < -0.3 is 0 Å². The molecule has 0 saturated heterocycles. The molecule has 12 heavy (non-hydrogen) atoms. The first-order valence-electron chi connectivity index (χ1n) is 3.13. The number of hydrogen-bond donors (Lipinski definition) is 1. The van der Waals surface area contributed by atoms with Gasteiger partial charge >= 0.3 is 0 Å². The molecule has 0 atom stereocenters. The second kappa shape index (κ2) is 3.82. The summed E-state index contributed by atoms with van der Waals surface area (Å²) in [6, 6.07) is 6.35. The molecule has 0 unspecified atom stereocenters. The second-order valence-corrected chi connectivity index (χ2v) is 2.37. The topological polar surface area (TPSA) is 58.5 Å². The molecule has 62 valence electrons. The minimum Gasteiger partial charge on any atom is -0.276 e. The molecule has 0 amide bonds. The van der Waals surface area contributed by atoms with E-state index in [2.05, 4.69) is 10.7 Å². The minimum atomic E-state index is -0.623. The van der Waals surface area contributed by atoms with Crippen molar-refractivity contribution in [1.82, 2.24) is 0 Å². The minimum absolute atomic E-state index is 0.235. The second-order valence-electron chi connectivity index (χ2n) is 2.02. The number of nitrogens with one attached hydrogen (secondary N) is 1. The monoisotopic (exact) mass is 184 g/mol. The molecule has 0 aliphatic heterocycles. The number of para-hydroxylation sites is 1. The summed E-state index contributed by atoms with van der Waals surface area (Å²) < 4.78 is 0. The molecule has 1 rings (SSSR count). The van der Waals surface area contributed by atoms with Crippen molar-refractivity contribution in [3.05, 3.63) is 34.7 Å². The number of nitrogens with zero attached hydrogens (tertiary/aromatic N) is 1. The van der Waals surface area contributed by atoms with Crippen molar-refractivity contribution < 1.29 is 4.79 Å². The predicted octanol–water partition coefficient (Wildman–Crippen LogP) is 2.16. The SMILES string of the molecule is O=NNc1ccccc1C(=O)Cl. The third-order valence-corrected chi connectivity index (χ3v) is 1.51. The van der Waals surface area contributed by atoms with Crippen molar-refractivity contribution in [2.45, 2.75) is 0 Å². The molecule has 0 aliphatic carbocycles. The average molecular weight is 185 g/mol. The van der Waals surface area contributed by atoms with Crippen LogP contribution in [0.15, 0.2) is 29.6 Å². The van der Waals surface area contributed by atoms with Crippen LogP contribution in [0.2, 0.25) is 0 Å². The summed E-state index contributed by atoms with van der Waals surface area (Å²) >= 11 is 5.22. The molecular formula is C7H5ClN2O2. The van der Waals surface area contributed by atoms with Crippen LogP contribution in [-0.4, -0.2) is 5.24 Å². The first kappa shape index (κ1) is 8.67. The van der Waals surface area contributed by atoms with Gasteiger partial charge in [0.25, 0.3) is 5.24 Å². The van der Waals surface area contributed by atoms with Crippen molar-refractivity contribution in [1.29, 1.82) is 0 Å². The summed E-state index contributed by atoms with van der Waals surface area (Å²) in [5.41, 5.74) is 2.67. The van der Waals surface area contributed by atoms with Crippen LogP contribution >= 0.6 is 11.6 Å². The average Bonchev–Trinajstić information content (AvgIpc) is 2.05. The van der Waals surface area contributed by atoms with Gasteiger partial charge in [-0.25, -0.2) is 5.43 Å². The van der Waals surface area contributed by atoms with Crippen LogP contribution in [0, 0.1) is 4.91 Å². The van der Waals surface area contributed by atoms with Gasteiger partial charge in [-0.1, -0.05) is 12.1 Å². The van der Waals surface area contributed by atoms with Crippen LogP contribution < -0.4 is 5.43 Å². The molecule has 0 heterocycles. The number of halogens is 1. The van der Waals surface area contributed by atoms with Gasteiger partial charge in [-0.05, 0) is 23.7 Å². The maximum atomic E-state index is 10.7. The molecule has 0 radical (unpaired) electrons. The van der Waals surface area contributed by atoms with E-state index in [9.17, 15) is 9.70 Å². The van der Waals surface area contributed by atoms with Gasteiger partial charge in [-0.3, -0.25) is 4.79 Å². The number of hydrogen-bond acceptors (Lipinski definition) is 3. The molecule has 0 aromatic heterocycles. The summed E-state index contributed by atoms with van der Waals surface area (Å²) in [5, 5.41) is 1.81. The Morgan fingerprint density at radius 3 is 2.67 bits per heavy atom. The Morgan fingerprint density at radius 2 is 2.08 bits per heavy atom. The molecule has 0 spiro atoms.